The summed E-state index contributed by atoms with van der Waals surface area (Å²) >= 11 is 0. The number of methoxy groups -OCH3 is 2. The molecule has 3 aliphatic rings. The fraction of sp³-hybridized carbons (Fsp3) is 0.458. The summed E-state index contributed by atoms with van der Waals surface area (Å²) in [5, 5.41) is 0. The standard InChI is InChI=1S/C24H27NO7S/c1-29-20-12-18-19(13-21(20)30-2)23-24(22(18)26,32-33(27,28)31-23)14-16-8-10-25(11-9-16)15-17-6-4-3-5-7-17/h3-7,12-13,16,23H,8-11,14-15H2,1-2H3. The fourth-order valence-electron chi connectivity index (χ4n) is 5.29. The topological polar surface area (TPSA) is 91.4 Å². The molecule has 0 radical (unpaired) electrons. The van der Waals surface area contributed by atoms with Gasteiger partial charge in [0.25, 0.3) is 0 Å². The summed E-state index contributed by atoms with van der Waals surface area (Å²) < 4.78 is 46.1. The Balaban J connectivity index is 1.37. The number of carbonyl (C=O) groups excluding carboxylic acids is 1. The number of likely N-dealkylation sites (tertiary alicyclic amines) is 1. The van der Waals surface area contributed by atoms with Crippen molar-refractivity contribution in [1.29, 1.82) is 0 Å². The Labute approximate surface area is 193 Å². The van der Waals surface area contributed by atoms with Gasteiger partial charge >= 0.3 is 10.4 Å². The van der Waals surface area contributed by atoms with Crippen LogP contribution in [0.3, 0.4) is 0 Å². The maximum Gasteiger partial charge on any atom is 0.401 e. The van der Waals surface area contributed by atoms with Gasteiger partial charge in [-0.25, -0.2) is 8.37 Å². The molecule has 0 amide bonds. The van der Waals surface area contributed by atoms with Crippen molar-refractivity contribution in [3.63, 3.8) is 0 Å². The van der Waals surface area contributed by atoms with Crippen molar-refractivity contribution in [3.05, 3.63) is 59.2 Å². The normalized spacial score (nSPS) is 26.7. The lowest BCUT2D eigenvalue weighted by Gasteiger charge is -2.35. The summed E-state index contributed by atoms with van der Waals surface area (Å²) in [5.41, 5.74) is 0.497. The highest BCUT2D eigenvalue weighted by atomic mass is 32.3. The zero-order valence-electron chi connectivity index (χ0n) is 18.7. The Bertz CT molecular complexity index is 1160. The molecule has 0 bridgehead atoms. The molecule has 9 heteroatoms. The molecule has 2 unspecified atom stereocenters. The predicted molar refractivity (Wildman–Crippen MR) is 119 cm³/mol. The van der Waals surface area contributed by atoms with Crippen LogP contribution in [0.1, 0.15) is 46.9 Å². The molecule has 8 nitrogen and oxygen atoms in total. The van der Waals surface area contributed by atoms with Crippen molar-refractivity contribution in [1.82, 2.24) is 4.90 Å². The Morgan fingerprint density at radius 3 is 2.39 bits per heavy atom. The molecule has 2 aromatic carbocycles. The second-order valence-electron chi connectivity index (χ2n) is 8.89. The van der Waals surface area contributed by atoms with Crippen LogP contribution in [0.15, 0.2) is 42.5 Å². The molecule has 33 heavy (non-hydrogen) atoms. The number of ketones is 1. The largest absolute Gasteiger partial charge is 0.493 e. The Kier molecular flexibility index (Phi) is 5.68. The molecule has 176 valence electrons. The van der Waals surface area contributed by atoms with Crippen LogP contribution in [-0.2, 0) is 25.3 Å². The SMILES string of the molecule is COc1cc2c(cc1OC)C1OS(=O)(=O)OC1(CC1CCN(Cc3ccccc3)CC1)C2=O. The third kappa shape index (κ3) is 3.93. The number of benzene rings is 2. The number of Topliss-reactive ketones (excluding diaryl/α,β-unsaturated/α-hetero) is 1. The van der Waals surface area contributed by atoms with Crippen LogP contribution >= 0.6 is 0 Å². The van der Waals surface area contributed by atoms with Gasteiger partial charge in [-0.05, 0) is 56.0 Å². The maximum atomic E-state index is 13.6. The van der Waals surface area contributed by atoms with E-state index in [2.05, 4.69) is 17.0 Å². The third-order valence-corrected chi connectivity index (χ3v) is 7.83. The zero-order chi connectivity index (χ0) is 23.2. The minimum absolute atomic E-state index is 0.137. The zero-order valence-corrected chi connectivity index (χ0v) is 19.5. The van der Waals surface area contributed by atoms with Crippen LogP contribution in [0.4, 0.5) is 0 Å². The monoisotopic (exact) mass is 473 g/mol. The van der Waals surface area contributed by atoms with Crippen molar-refractivity contribution in [2.45, 2.75) is 37.5 Å². The first kappa shape index (κ1) is 22.3. The lowest BCUT2D eigenvalue weighted by atomic mass is 9.81. The van der Waals surface area contributed by atoms with Gasteiger partial charge < -0.3 is 9.47 Å². The molecule has 5 rings (SSSR count). The molecule has 0 aromatic heterocycles. The molecular weight excluding hydrogens is 446 g/mol. The fourth-order valence-corrected chi connectivity index (χ4v) is 6.42. The molecular formula is C24H27NO7S. The van der Waals surface area contributed by atoms with E-state index in [-0.39, 0.29) is 18.1 Å². The predicted octanol–water partition coefficient (Wildman–Crippen LogP) is 3.27. The number of ether oxygens (including phenoxy) is 2. The number of nitrogens with zero attached hydrogens (tertiary/aromatic N) is 1. The third-order valence-electron chi connectivity index (χ3n) is 6.90. The highest BCUT2D eigenvalue weighted by Gasteiger charge is 2.65. The van der Waals surface area contributed by atoms with Crippen LogP contribution < -0.4 is 9.47 Å². The molecule has 1 aliphatic carbocycles. The van der Waals surface area contributed by atoms with Crippen molar-refractivity contribution < 1.29 is 31.1 Å². The first-order valence-corrected chi connectivity index (χ1v) is 12.4. The molecule has 2 atom stereocenters. The first-order chi connectivity index (χ1) is 15.8. The minimum atomic E-state index is -4.28. The van der Waals surface area contributed by atoms with E-state index in [0.29, 0.717) is 22.6 Å². The molecule has 2 heterocycles. The molecule has 2 fully saturated rings. The molecule has 2 aromatic rings. The number of hydrogen-bond acceptors (Lipinski definition) is 8. The highest BCUT2D eigenvalue weighted by molar-refractivity contribution is 7.82. The van der Waals surface area contributed by atoms with Crippen LogP contribution in [0, 0.1) is 5.92 Å². The van der Waals surface area contributed by atoms with Crippen LogP contribution in [0.5, 0.6) is 11.5 Å². The number of carbonyl (C=O) groups is 1. The van der Waals surface area contributed by atoms with Crippen LogP contribution in [0.25, 0.3) is 0 Å². The summed E-state index contributed by atoms with van der Waals surface area (Å²) in [6, 6.07) is 13.5. The van der Waals surface area contributed by atoms with Gasteiger partial charge in [-0.1, -0.05) is 30.3 Å². The van der Waals surface area contributed by atoms with E-state index in [0.717, 1.165) is 32.5 Å². The Hall–Kier alpha value is -2.46. The van der Waals surface area contributed by atoms with E-state index < -0.39 is 22.1 Å². The number of piperidine rings is 1. The van der Waals surface area contributed by atoms with Crippen LogP contribution in [-0.4, -0.2) is 52.0 Å². The minimum Gasteiger partial charge on any atom is -0.493 e. The van der Waals surface area contributed by atoms with Gasteiger partial charge in [0.1, 0.15) is 6.10 Å². The molecule has 0 N–H and O–H groups in total. The van der Waals surface area contributed by atoms with Crippen molar-refractivity contribution in [2.24, 2.45) is 5.92 Å². The Morgan fingerprint density at radius 2 is 1.73 bits per heavy atom. The highest BCUT2D eigenvalue weighted by Crippen LogP contribution is 2.55. The van der Waals surface area contributed by atoms with Gasteiger partial charge in [0.2, 0.25) is 0 Å². The second kappa shape index (κ2) is 8.39. The Morgan fingerprint density at radius 1 is 1.06 bits per heavy atom. The first-order valence-electron chi connectivity index (χ1n) is 11.1. The lowest BCUT2D eigenvalue weighted by molar-refractivity contribution is 0.0176. The van der Waals surface area contributed by atoms with E-state index >= 15 is 0 Å². The number of rotatable bonds is 6. The average molecular weight is 474 g/mol. The van der Waals surface area contributed by atoms with Crippen molar-refractivity contribution >= 4 is 16.2 Å². The number of hydrogen-bond donors (Lipinski definition) is 0. The summed E-state index contributed by atoms with van der Waals surface area (Å²) in [7, 11) is -1.31. The summed E-state index contributed by atoms with van der Waals surface area (Å²) in [6.45, 7) is 2.62. The molecule has 0 spiro atoms. The molecule has 0 saturated carbocycles. The van der Waals surface area contributed by atoms with E-state index in [9.17, 15) is 13.2 Å². The van der Waals surface area contributed by atoms with Gasteiger partial charge in [-0.15, -0.1) is 0 Å². The maximum absolute atomic E-state index is 13.6. The van der Waals surface area contributed by atoms with E-state index in [1.807, 2.05) is 18.2 Å². The van der Waals surface area contributed by atoms with Gasteiger partial charge in [0, 0.05) is 17.7 Å². The van der Waals surface area contributed by atoms with E-state index in [1.165, 1.54) is 19.8 Å². The van der Waals surface area contributed by atoms with Crippen LogP contribution in [0.2, 0.25) is 0 Å². The number of fused-ring (bicyclic) bond motifs is 3. The summed E-state index contributed by atoms with van der Waals surface area (Å²) in [4.78, 5) is 15.9. The molecule has 2 saturated heterocycles. The van der Waals surface area contributed by atoms with Gasteiger partial charge in [0.15, 0.2) is 22.9 Å². The van der Waals surface area contributed by atoms with E-state index in [1.54, 1.807) is 12.1 Å². The second-order valence-corrected chi connectivity index (χ2v) is 10.1. The van der Waals surface area contributed by atoms with Gasteiger partial charge in [0.05, 0.1) is 14.2 Å². The van der Waals surface area contributed by atoms with Gasteiger partial charge in [-0.2, -0.15) is 8.42 Å². The summed E-state index contributed by atoms with van der Waals surface area (Å²) in [6.07, 6.45) is 0.961. The quantitative estimate of drug-likeness (QED) is 0.631. The average Bonchev–Trinajstić information content (AvgIpc) is 3.20. The molecule has 2 aliphatic heterocycles. The lowest BCUT2D eigenvalue weighted by Crippen LogP contribution is -2.43. The van der Waals surface area contributed by atoms with Crippen molar-refractivity contribution in [2.75, 3.05) is 27.3 Å². The van der Waals surface area contributed by atoms with Gasteiger partial charge in [-0.3, -0.25) is 9.69 Å². The van der Waals surface area contributed by atoms with E-state index in [4.69, 9.17) is 17.8 Å². The smallest absolute Gasteiger partial charge is 0.401 e. The van der Waals surface area contributed by atoms with Crippen molar-refractivity contribution in [3.8, 4) is 11.5 Å². The summed E-state index contributed by atoms with van der Waals surface area (Å²) in [5.74, 6) is 0.563.